The van der Waals surface area contributed by atoms with Crippen LogP contribution in [0.4, 0.5) is 5.69 Å². The van der Waals surface area contributed by atoms with Gasteiger partial charge in [-0.3, -0.25) is 0 Å². The summed E-state index contributed by atoms with van der Waals surface area (Å²) in [5.74, 6) is 0. The Bertz CT molecular complexity index is 479. The van der Waals surface area contributed by atoms with Crippen molar-refractivity contribution in [2.24, 2.45) is 0 Å². The van der Waals surface area contributed by atoms with Gasteiger partial charge >= 0.3 is 0 Å². The fourth-order valence-electron chi connectivity index (χ4n) is 1.60. The molecule has 0 aliphatic carbocycles. The molecule has 1 N–H and O–H groups in total. The van der Waals surface area contributed by atoms with Crippen molar-refractivity contribution in [3.05, 3.63) is 41.7 Å². The first-order chi connectivity index (χ1) is 8.20. The molecule has 0 spiro atoms. The van der Waals surface area contributed by atoms with E-state index in [1.165, 1.54) is 0 Å². The van der Waals surface area contributed by atoms with Gasteiger partial charge in [0.15, 0.2) is 0 Å². The summed E-state index contributed by atoms with van der Waals surface area (Å²) in [5, 5.41) is 8.42. The van der Waals surface area contributed by atoms with Crippen LogP contribution in [0.15, 0.2) is 36.7 Å². The van der Waals surface area contributed by atoms with E-state index in [1.54, 1.807) is 6.20 Å². The Morgan fingerprint density at radius 1 is 1.47 bits per heavy atom. The molecule has 90 valence electrons. The minimum atomic E-state index is 0.405. The lowest BCUT2D eigenvalue weighted by Gasteiger charge is -2.17. The highest BCUT2D eigenvalue weighted by Crippen LogP contribution is 2.25. The molecule has 1 unspecified atom stereocenters. The molecule has 2 rings (SSSR count). The van der Waals surface area contributed by atoms with Crippen LogP contribution in [-0.4, -0.2) is 15.8 Å². The molecule has 0 fully saturated rings. The monoisotopic (exact) mass is 249 g/mol. The standard InChI is InChI=1S/C13H16ClN3/c1-3-10(2)16-12-9-11(14)5-6-13(12)17-8-4-7-15-17/h4-10,16H,3H2,1-2H3. The lowest BCUT2D eigenvalue weighted by atomic mass is 10.2. The van der Waals surface area contributed by atoms with Crippen molar-refractivity contribution in [2.75, 3.05) is 5.32 Å². The van der Waals surface area contributed by atoms with Crippen molar-refractivity contribution in [1.29, 1.82) is 0 Å². The second-order valence-corrected chi connectivity index (χ2v) is 4.50. The number of aromatic nitrogens is 2. The molecule has 4 heteroatoms. The maximum atomic E-state index is 6.04. The Morgan fingerprint density at radius 2 is 2.29 bits per heavy atom. The van der Waals surface area contributed by atoms with E-state index in [4.69, 9.17) is 11.6 Å². The van der Waals surface area contributed by atoms with E-state index in [0.29, 0.717) is 6.04 Å². The van der Waals surface area contributed by atoms with E-state index in [2.05, 4.69) is 24.3 Å². The second-order valence-electron chi connectivity index (χ2n) is 4.07. The predicted molar refractivity (Wildman–Crippen MR) is 71.9 cm³/mol. The van der Waals surface area contributed by atoms with Gasteiger partial charge in [0.2, 0.25) is 0 Å². The van der Waals surface area contributed by atoms with Crippen LogP contribution < -0.4 is 5.32 Å². The zero-order valence-electron chi connectivity index (χ0n) is 10.0. The molecule has 1 atom stereocenters. The topological polar surface area (TPSA) is 29.9 Å². The third-order valence-electron chi connectivity index (χ3n) is 2.72. The normalized spacial score (nSPS) is 12.4. The Hall–Kier alpha value is -1.48. The summed E-state index contributed by atoms with van der Waals surface area (Å²) < 4.78 is 1.83. The zero-order valence-corrected chi connectivity index (χ0v) is 10.8. The van der Waals surface area contributed by atoms with Gasteiger partial charge in [-0.2, -0.15) is 5.10 Å². The smallest absolute Gasteiger partial charge is 0.0877 e. The number of benzene rings is 1. The van der Waals surface area contributed by atoms with Crippen molar-refractivity contribution in [3.63, 3.8) is 0 Å². The molecule has 17 heavy (non-hydrogen) atoms. The Balaban J connectivity index is 2.38. The molecule has 0 aliphatic rings. The van der Waals surface area contributed by atoms with Crippen LogP contribution in [0.2, 0.25) is 5.02 Å². The summed E-state index contributed by atoms with van der Waals surface area (Å²) in [7, 11) is 0. The Labute approximate surface area is 106 Å². The maximum Gasteiger partial charge on any atom is 0.0877 e. The average molecular weight is 250 g/mol. The van der Waals surface area contributed by atoms with Crippen LogP contribution in [-0.2, 0) is 0 Å². The van der Waals surface area contributed by atoms with Crippen molar-refractivity contribution in [3.8, 4) is 5.69 Å². The van der Waals surface area contributed by atoms with Crippen LogP contribution in [0.1, 0.15) is 20.3 Å². The SMILES string of the molecule is CCC(C)Nc1cc(Cl)ccc1-n1cccn1. The van der Waals surface area contributed by atoms with Gasteiger partial charge in [0, 0.05) is 23.5 Å². The summed E-state index contributed by atoms with van der Waals surface area (Å²) in [6, 6.07) is 8.09. The first kappa shape index (κ1) is 12.0. The molecule has 3 nitrogen and oxygen atoms in total. The summed E-state index contributed by atoms with van der Waals surface area (Å²) in [6.07, 6.45) is 4.75. The van der Waals surface area contributed by atoms with Crippen LogP contribution >= 0.6 is 11.6 Å². The van der Waals surface area contributed by atoms with Crippen molar-refractivity contribution in [2.45, 2.75) is 26.3 Å². The number of hydrogen-bond acceptors (Lipinski definition) is 2. The van der Waals surface area contributed by atoms with Gasteiger partial charge < -0.3 is 5.32 Å². The summed E-state index contributed by atoms with van der Waals surface area (Å²) in [5.41, 5.74) is 2.02. The first-order valence-electron chi connectivity index (χ1n) is 5.77. The zero-order chi connectivity index (χ0) is 12.3. The molecular weight excluding hydrogens is 234 g/mol. The maximum absolute atomic E-state index is 6.04. The second kappa shape index (κ2) is 5.23. The third-order valence-corrected chi connectivity index (χ3v) is 2.96. The molecule has 0 bridgehead atoms. The van der Waals surface area contributed by atoms with Gasteiger partial charge in [0.25, 0.3) is 0 Å². The van der Waals surface area contributed by atoms with E-state index in [-0.39, 0.29) is 0 Å². The molecule has 2 aromatic rings. The van der Waals surface area contributed by atoms with E-state index >= 15 is 0 Å². The number of hydrogen-bond donors (Lipinski definition) is 1. The van der Waals surface area contributed by atoms with E-state index in [9.17, 15) is 0 Å². The van der Waals surface area contributed by atoms with E-state index in [0.717, 1.165) is 22.8 Å². The number of rotatable bonds is 4. The number of halogens is 1. The summed E-state index contributed by atoms with van der Waals surface area (Å²) >= 11 is 6.04. The molecular formula is C13H16ClN3. The van der Waals surface area contributed by atoms with Crippen LogP contribution in [0.25, 0.3) is 5.69 Å². The van der Waals surface area contributed by atoms with Gasteiger partial charge in [0.1, 0.15) is 0 Å². The van der Waals surface area contributed by atoms with Crippen molar-refractivity contribution in [1.82, 2.24) is 9.78 Å². The van der Waals surface area contributed by atoms with Gasteiger partial charge in [-0.1, -0.05) is 18.5 Å². The van der Waals surface area contributed by atoms with Gasteiger partial charge in [-0.15, -0.1) is 0 Å². The molecule has 0 saturated carbocycles. The van der Waals surface area contributed by atoms with Crippen LogP contribution in [0, 0.1) is 0 Å². The fourth-order valence-corrected chi connectivity index (χ4v) is 1.77. The molecule has 0 radical (unpaired) electrons. The van der Waals surface area contributed by atoms with Crippen LogP contribution in [0.5, 0.6) is 0 Å². The summed E-state index contributed by atoms with van der Waals surface area (Å²) in [6.45, 7) is 4.30. The van der Waals surface area contributed by atoms with Crippen molar-refractivity contribution >= 4 is 17.3 Å². The highest BCUT2D eigenvalue weighted by Gasteiger charge is 2.07. The number of nitrogens with zero attached hydrogens (tertiary/aromatic N) is 2. The Kier molecular flexibility index (Phi) is 3.69. The lowest BCUT2D eigenvalue weighted by Crippen LogP contribution is -2.15. The molecule has 1 aromatic carbocycles. The lowest BCUT2D eigenvalue weighted by molar-refractivity contribution is 0.760. The highest BCUT2D eigenvalue weighted by atomic mass is 35.5. The quantitative estimate of drug-likeness (QED) is 0.895. The van der Waals surface area contributed by atoms with E-state index in [1.807, 2.05) is 35.1 Å². The predicted octanol–water partition coefficient (Wildman–Crippen LogP) is 3.74. The minimum Gasteiger partial charge on any atom is -0.381 e. The van der Waals surface area contributed by atoms with Gasteiger partial charge in [-0.25, -0.2) is 4.68 Å². The van der Waals surface area contributed by atoms with Gasteiger partial charge in [0.05, 0.1) is 11.4 Å². The summed E-state index contributed by atoms with van der Waals surface area (Å²) in [4.78, 5) is 0. The molecule has 0 saturated heterocycles. The van der Waals surface area contributed by atoms with Crippen molar-refractivity contribution < 1.29 is 0 Å². The van der Waals surface area contributed by atoms with E-state index < -0.39 is 0 Å². The molecule has 1 aromatic heterocycles. The molecule has 1 heterocycles. The first-order valence-corrected chi connectivity index (χ1v) is 6.14. The molecule has 0 amide bonds. The minimum absolute atomic E-state index is 0.405. The van der Waals surface area contributed by atoms with Gasteiger partial charge in [-0.05, 0) is 37.6 Å². The van der Waals surface area contributed by atoms with Crippen LogP contribution in [0.3, 0.4) is 0 Å². The largest absolute Gasteiger partial charge is 0.381 e. The Morgan fingerprint density at radius 3 is 2.94 bits per heavy atom. The number of anilines is 1. The highest BCUT2D eigenvalue weighted by molar-refractivity contribution is 6.31. The average Bonchev–Trinajstić information content (AvgIpc) is 2.82. The third kappa shape index (κ3) is 2.80. The number of nitrogens with one attached hydrogen (secondary N) is 1. The fraction of sp³-hybridized carbons (Fsp3) is 0.308. The molecule has 0 aliphatic heterocycles.